The van der Waals surface area contributed by atoms with E-state index in [9.17, 15) is 9.18 Å². The van der Waals surface area contributed by atoms with E-state index in [1.165, 1.54) is 6.07 Å². The van der Waals surface area contributed by atoms with Crippen LogP contribution in [-0.4, -0.2) is 12.5 Å². The van der Waals surface area contributed by atoms with Crippen LogP contribution >= 0.6 is 11.6 Å². The predicted octanol–water partition coefficient (Wildman–Crippen LogP) is 2.89. The molecule has 0 aromatic heterocycles. The summed E-state index contributed by atoms with van der Waals surface area (Å²) in [6.07, 6.45) is 0. The summed E-state index contributed by atoms with van der Waals surface area (Å²) in [6.45, 7) is 0.810. The summed E-state index contributed by atoms with van der Waals surface area (Å²) in [5, 5.41) is 6.29. The van der Waals surface area contributed by atoms with Gasteiger partial charge in [-0.25, -0.2) is 4.39 Å². The first kappa shape index (κ1) is 15.5. The van der Waals surface area contributed by atoms with Gasteiger partial charge in [-0.1, -0.05) is 48.0 Å². The van der Waals surface area contributed by atoms with Crippen molar-refractivity contribution in [1.82, 2.24) is 10.6 Å². The maximum atomic E-state index is 13.4. The van der Waals surface area contributed by atoms with Gasteiger partial charge in [0.05, 0.1) is 6.54 Å². The summed E-state index contributed by atoms with van der Waals surface area (Å²) in [5.41, 5.74) is 1.40. The molecule has 0 atom stereocenters. The van der Waals surface area contributed by atoms with Gasteiger partial charge < -0.3 is 10.6 Å². The average Bonchev–Trinajstić information content (AvgIpc) is 2.48. The highest BCUT2D eigenvalue weighted by Crippen LogP contribution is 2.14. The fraction of sp³-hybridized carbons (Fsp3) is 0.188. The molecule has 0 aliphatic carbocycles. The van der Waals surface area contributed by atoms with Crippen molar-refractivity contribution in [1.29, 1.82) is 0 Å². The molecular formula is C16H16ClFN2O. The van der Waals surface area contributed by atoms with E-state index < -0.39 is 0 Å². The Morgan fingerprint density at radius 2 is 1.67 bits per heavy atom. The zero-order valence-corrected chi connectivity index (χ0v) is 12.2. The van der Waals surface area contributed by atoms with Crippen LogP contribution in [0, 0.1) is 5.82 Å². The lowest BCUT2D eigenvalue weighted by Crippen LogP contribution is -2.33. The molecule has 110 valence electrons. The third-order valence-corrected chi connectivity index (χ3v) is 3.36. The second-order valence-corrected chi connectivity index (χ2v) is 4.97. The summed E-state index contributed by atoms with van der Waals surface area (Å²) in [7, 11) is 0. The fourth-order valence-electron chi connectivity index (χ4n) is 1.85. The Balaban J connectivity index is 1.73. The number of halogens is 2. The Morgan fingerprint density at radius 3 is 2.38 bits per heavy atom. The first-order chi connectivity index (χ1) is 10.2. The molecule has 0 fully saturated rings. The topological polar surface area (TPSA) is 41.1 Å². The molecule has 5 heteroatoms. The Hall–Kier alpha value is -1.91. The second kappa shape index (κ2) is 7.76. The van der Waals surface area contributed by atoms with Crippen molar-refractivity contribution in [3.63, 3.8) is 0 Å². The maximum Gasteiger partial charge on any atom is 0.234 e. The van der Waals surface area contributed by atoms with Crippen molar-refractivity contribution in [3.05, 3.63) is 70.5 Å². The minimum atomic E-state index is -0.276. The quantitative estimate of drug-likeness (QED) is 0.861. The molecule has 0 saturated heterocycles. The van der Waals surface area contributed by atoms with Crippen LogP contribution in [-0.2, 0) is 17.9 Å². The largest absolute Gasteiger partial charge is 0.351 e. The van der Waals surface area contributed by atoms with Crippen LogP contribution in [0.2, 0.25) is 5.02 Å². The van der Waals surface area contributed by atoms with Gasteiger partial charge in [-0.15, -0.1) is 0 Å². The maximum absolute atomic E-state index is 13.4. The van der Waals surface area contributed by atoms with Crippen molar-refractivity contribution in [2.75, 3.05) is 6.54 Å². The summed E-state index contributed by atoms with van der Waals surface area (Å²) < 4.78 is 13.4. The highest BCUT2D eigenvalue weighted by molar-refractivity contribution is 6.31. The van der Waals surface area contributed by atoms with Crippen LogP contribution in [0.15, 0.2) is 48.5 Å². The van der Waals surface area contributed by atoms with E-state index in [1.807, 2.05) is 18.2 Å². The number of amides is 1. The molecule has 21 heavy (non-hydrogen) atoms. The number of rotatable bonds is 6. The van der Waals surface area contributed by atoms with E-state index in [2.05, 4.69) is 10.6 Å². The summed E-state index contributed by atoms with van der Waals surface area (Å²) in [6, 6.07) is 13.8. The van der Waals surface area contributed by atoms with E-state index in [-0.39, 0.29) is 18.3 Å². The Labute approximate surface area is 128 Å². The van der Waals surface area contributed by atoms with Gasteiger partial charge in [0.2, 0.25) is 5.91 Å². The van der Waals surface area contributed by atoms with Gasteiger partial charge in [0.15, 0.2) is 0 Å². The highest BCUT2D eigenvalue weighted by Gasteiger charge is 2.04. The molecule has 0 spiro atoms. The Morgan fingerprint density at radius 1 is 1.00 bits per heavy atom. The zero-order chi connectivity index (χ0) is 15.1. The minimum Gasteiger partial charge on any atom is -0.351 e. The van der Waals surface area contributed by atoms with Crippen molar-refractivity contribution in [3.8, 4) is 0 Å². The highest BCUT2D eigenvalue weighted by atomic mass is 35.5. The van der Waals surface area contributed by atoms with Gasteiger partial charge in [0.25, 0.3) is 0 Å². The molecule has 2 aromatic carbocycles. The van der Waals surface area contributed by atoms with Gasteiger partial charge >= 0.3 is 0 Å². The fourth-order valence-corrected chi connectivity index (χ4v) is 2.05. The van der Waals surface area contributed by atoms with Crippen molar-refractivity contribution < 1.29 is 9.18 Å². The molecule has 0 aliphatic rings. The molecule has 0 saturated carbocycles. The number of benzene rings is 2. The van der Waals surface area contributed by atoms with Crippen LogP contribution in [0.25, 0.3) is 0 Å². The molecule has 3 nitrogen and oxygen atoms in total. The molecule has 2 rings (SSSR count). The lowest BCUT2D eigenvalue weighted by atomic mass is 10.2. The number of carbonyl (C=O) groups excluding carboxylic acids is 1. The summed E-state index contributed by atoms with van der Waals surface area (Å²) >= 11 is 6.00. The zero-order valence-electron chi connectivity index (χ0n) is 11.4. The number of hydrogen-bond acceptors (Lipinski definition) is 2. The molecule has 2 N–H and O–H groups in total. The molecular weight excluding hydrogens is 291 g/mol. The molecule has 0 bridgehead atoms. The third-order valence-electron chi connectivity index (χ3n) is 2.99. The molecule has 0 unspecified atom stereocenters. The van der Waals surface area contributed by atoms with Crippen molar-refractivity contribution in [2.24, 2.45) is 0 Å². The van der Waals surface area contributed by atoms with Crippen molar-refractivity contribution in [2.45, 2.75) is 13.1 Å². The van der Waals surface area contributed by atoms with Gasteiger partial charge in [0.1, 0.15) is 5.82 Å². The van der Waals surface area contributed by atoms with E-state index in [1.54, 1.807) is 24.3 Å². The van der Waals surface area contributed by atoms with Crippen LogP contribution in [0.4, 0.5) is 4.39 Å². The predicted molar refractivity (Wildman–Crippen MR) is 81.4 cm³/mol. The lowest BCUT2D eigenvalue weighted by molar-refractivity contribution is -0.120. The van der Waals surface area contributed by atoms with Gasteiger partial charge in [-0.3, -0.25) is 4.79 Å². The molecule has 0 radical (unpaired) electrons. The van der Waals surface area contributed by atoms with Gasteiger partial charge in [0, 0.05) is 23.7 Å². The van der Waals surface area contributed by atoms with E-state index in [4.69, 9.17) is 11.6 Å². The van der Waals surface area contributed by atoms with E-state index in [0.717, 1.165) is 5.56 Å². The Bertz CT molecular complexity index is 619. The monoisotopic (exact) mass is 306 g/mol. The normalized spacial score (nSPS) is 10.4. The van der Waals surface area contributed by atoms with Crippen molar-refractivity contribution >= 4 is 17.5 Å². The van der Waals surface area contributed by atoms with Crippen LogP contribution in [0.1, 0.15) is 11.1 Å². The van der Waals surface area contributed by atoms with E-state index >= 15 is 0 Å². The van der Waals surface area contributed by atoms with Gasteiger partial charge in [-0.05, 0) is 17.7 Å². The van der Waals surface area contributed by atoms with Gasteiger partial charge in [-0.2, -0.15) is 0 Å². The first-order valence-electron chi connectivity index (χ1n) is 6.61. The molecule has 1 amide bonds. The number of carbonyl (C=O) groups is 1. The molecule has 0 heterocycles. The first-order valence-corrected chi connectivity index (χ1v) is 6.99. The Kier molecular flexibility index (Phi) is 5.72. The molecule has 2 aromatic rings. The second-order valence-electron chi connectivity index (χ2n) is 4.56. The standard InChI is InChI=1S/C16H16ClFN2O/c17-14-7-3-1-5-12(14)10-20-16(21)11-19-9-13-6-2-4-8-15(13)18/h1-8,19H,9-11H2,(H,20,21). The van der Waals surface area contributed by atoms with Crippen LogP contribution in [0.3, 0.4) is 0 Å². The van der Waals surface area contributed by atoms with Crippen LogP contribution < -0.4 is 10.6 Å². The summed E-state index contributed by atoms with van der Waals surface area (Å²) in [5.74, 6) is -0.437. The number of nitrogens with one attached hydrogen (secondary N) is 2. The summed E-state index contributed by atoms with van der Waals surface area (Å²) in [4.78, 5) is 11.7. The number of hydrogen-bond donors (Lipinski definition) is 2. The third kappa shape index (κ3) is 4.85. The average molecular weight is 307 g/mol. The minimum absolute atomic E-state index is 0.124. The van der Waals surface area contributed by atoms with Crippen LogP contribution in [0.5, 0.6) is 0 Å². The lowest BCUT2D eigenvalue weighted by Gasteiger charge is -2.08. The smallest absolute Gasteiger partial charge is 0.234 e. The SMILES string of the molecule is O=C(CNCc1ccccc1F)NCc1ccccc1Cl. The van der Waals surface area contributed by atoms with E-state index in [0.29, 0.717) is 23.7 Å². The molecule has 0 aliphatic heterocycles.